The van der Waals surface area contributed by atoms with Crippen LogP contribution < -0.4 is 10.6 Å². The topological polar surface area (TPSA) is 41.1 Å². The average Bonchev–Trinajstić information content (AvgIpc) is 2.37. The second-order valence-corrected chi connectivity index (χ2v) is 5.83. The zero-order valence-corrected chi connectivity index (χ0v) is 12.9. The number of carbonyl (C=O) groups excluding carboxylic acids is 1. The zero-order valence-electron chi connectivity index (χ0n) is 11.3. The predicted octanol–water partition coefficient (Wildman–Crippen LogP) is 3.02. The number of hydrogen-bond donors (Lipinski definition) is 2. The number of nitrogens with one attached hydrogen (secondary N) is 2. The van der Waals surface area contributed by atoms with Crippen molar-refractivity contribution < 1.29 is 9.18 Å². The van der Waals surface area contributed by atoms with Crippen molar-refractivity contribution in [3.8, 4) is 0 Å². The van der Waals surface area contributed by atoms with Gasteiger partial charge in [0.15, 0.2) is 0 Å². The Morgan fingerprint density at radius 2 is 2.30 bits per heavy atom. The molecule has 0 aliphatic carbocycles. The molecular formula is C14H19Cl2FN2O. The molecule has 2 N–H and O–H groups in total. The summed E-state index contributed by atoms with van der Waals surface area (Å²) in [6, 6.07) is 4.08. The Morgan fingerprint density at radius 1 is 1.55 bits per heavy atom. The Bertz CT molecular complexity index is 476. The van der Waals surface area contributed by atoms with Crippen LogP contribution >= 0.6 is 24.0 Å². The Hall–Kier alpha value is -0.840. The second kappa shape index (κ2) is 7.25. The van der Waals surface area contributed by atoms with E-state index in [0.29, 0.717) is 6.54 Å². The lowest BCUT2D eigenvalue weighted by atomic mass is 9.83. The van der Waals surface area contributed by atoms with Gasteiger partial charge in [0, 0.05) is 18.1 Å². The molecule has 0 aromatic heterocycles. The fraction of sp³-hybridized carbons (Fsp3) is 0.500. The first-order valence-corrected chi connectivity index (χ1v) is 6.82. The van der Waals surface area contributed by atoms with Crippen molar-refractivity contribution in [3.05, 3.63) is 34.6 Å². The highest BCUT2D eigenvalue weighted by atomic mass is 35.5. The third kappa shape index (κ3) is 4.33. The molecule has 1 aliphatic heterocycles. The van der Waals surface area contributed by atoms with Crippen LogP contribution in [0.2, 0.25) is 5.02 Å². The number of hydrogen-bond acceptors (Lipinski definition) is 2. The molecule has 0 saturated carbocycles. The van der Waals surface area contributed by atoms with Gasteiger partial charge in [0.25, 0.3) is 5.91 Å². The van der Waals surface area contributed by atoms with Crippen LogP contribution in [0.25, 0.3) is 0 Å². The highest BCUT2D eigenvalue weighted by Gasteiger charge is 2.27. The van der Waals surface area contributed by atoms with Crippen LogP contribution in [0.5, 0.6) is 0 Å². The first kappa shape index (κ1) is 17.2. The molecule has 1 aromatic rings. The summed E-state index contributed by atoms with van der Waals surface area (Å²) in [6.45, 7) is 4.56. The maximum Gasteiger partial charge on any atom is 0.254 e. The number of benzene rings is 1. The van der Waals surface area contributed by atoms with E-state index in [-0.39, 0.29) is 34.3 Å². The Balaban J connectivity index is 0.00000200. The van der Waals surface area contributed by atoms with Crippen molar-refractivity contribution >= 4 is 29.9 Å². The van der Waals surface area contributed by atoms with E-state index in [0.717, 1.165) is 32.0 Å². The van der Waals surface area contributed by atoms with E-state index >= 15 is 0 Å². The first-order valence-electron chi connectivity index (χ1n) is 6.44. The Kier molecular flexibility index (Phi) is 6.24. The van der Waals surface area contributed by atoms with E-state index in [9.17, 15) is 9.18 Å². The lowest BCUT2D eigenvalue weighted by Gasteiger charge is -2.34. The van der Waals surface area contributed by atoms with E-state index in [1.54, 1.807) is 0 Å². The molecular weight excluding hydrogens is 302 g/mol. The maximum atomic E-state index is 13.6. The number of halogens is 3. The number of amides is 1. The van der Waals surface area contributed by atoms with Crippen LogP contribution in [-0.2, 0) is 0 Å². The van der Waals surface area contributed by atoms with E-state index in [1.807, 2.05) is 0 Å². The van der Waals surface area contributed by atoms with Crippen LogP contribution in [-0.4, -0.2) is 25.5 Å². The minimum Gasteiger partial charge on any atom is -0.351 e. The highest BCUT2D eigenvalue weighted by molar-refractivity contribution is 6.30. The molecule has 0 bridgehead atoms. The van der Waals surface area contributed by atoms with Gasteiger partial charge in [0.2, 0.25) is 0 Å². The average molecular weight is 321 g/mol. The van der Waals surface area contributed by atoms with Gasteiger partial charge in [0.05, 0.1) is 5.56 Å². The van der Waals surface area contributed by atoms with Gasteiger partial charge in [-0.2, -0.15) is 0 Å². The third-order valence-corrected chi connectivity index (χ3v) is 3.77. The van der Waals surface area contributed by atoms with Crippen molar-refractivity contribution in [1.82, 2.24) is 10.6 Å². The lowest BCUT2D eigenvalue weighted by molar-refractivity contribution is 0.0920. The zero-order chi connectivity index (χ0) is 13.9. The fourth-order valence-corrected chi connectivity index (χ4v) is 2.49. The van der Waals surface area contributed by atoms with Gasteiger partial charge in [-0.25, -0.2) is 4.39 Å². The molecule has 1 heterocycles. The molecule has 1 aromatic carbocycles. The van der Waals surface area contributed by atoms with E-state index in [1.165, 1.54) is 12.1 Å². The molecule has 1 fully saturated rings. The van der Waals surface area contributed by atoms with Gasteiger partial charge in [-0.3, -0.25) is 4.79 Å². The van der Waals surface area contributed by atoms with Crippen molar-refractivity contribution in [3.63, 3.8) is 0 Å². The van der Waals surface area contributed by atoms with Gasteiger partial charge >= 0.3 is 0 Å². The van der Waals surface area contributed by atoms with Crippen LogP contribution in [0.15, 0.2) is 18.2 Å². The van der Waals surface area contributed by atoms with Gasteiger partial charge in [0.1, 0.15) is 5.82 Å². The molecule has 1 aliphatic rings. The molecule has 0 spiro atoms. The smallest absolute Gasteiger partial charge is 0.254 e. The molecule has 1 amide bonds. The van der Waals surface area contributed by atoms with Crippen LogP contribution in [0.3, 0.4) is 0 Å². The van der Waals surface area contributed by atoms with Crippen LogP contribution in [0.4, 0.5) is 4.39 Å². The summed E-state index contributed by atoms with van der Waals surface area (Å²) in [6.07, 6.45) is 2.16. The summed E-state index contributed by atoms with van der Waals surface area (Å²) < 4.78 is 13.6. The predicted molar refractivity (Wildman–Crippen MR) is 81.2 cm³/mol. The third-order valence-electron chi connectivity index (χ3n) is 3.54. The fourth-order valence-electron chi connectivity index (χ4n) is 2.33. The molecule has 0 radical (unpaired) electrons. The summed E-state index contributed by atoms with van der Waals surface area (Å²) in [5, 5.41) is 6.41. The molecule has 3 nitrogen and oxygen atoms in total. The number of rotatable bonds is 3. The summed E-state index contributed by atoms with van der Waals surface area (Å²) in [4.78, 5) is 11.9. The highest BCUT2D eigenvalue weighted by Crippen LogP contribution is 2.24. The maximum absolute atomic E-state index is 13.6. The van der Waals surface area contributed by atoms with Crippen LogP contribution in [0.1, 0.15) is 30.1 Å². The first-order chi connectivity index (χ1) is 9.00. The molecule has 2 rings (SSSR count). The van der Waals surface area contributed by atoms with Crippen LogP contribution in [0, 0.1) is 11.2 Å². The Morgan fingerprint density at radius 3 is 2.90 bits per heavy atom. The summed E-state index contributed by atoms with van der Waals surface area (Å²) in [5.41, 5.74) is 0.0772. The molecule has 112 valence electrons. The van der Waals surface area contributed by atoms with Gasteiger partial charge in [-0.15, -0.1) is 12.4 Å². The van der Waals surface area contributed by atoms with Gasteiger partial charge in [-0.05, 0) is 43.0 Å². The number of piperidine rings is 1. The number of carbonyl (C=O) groups is 1. The SMILES string of the molecule is CC1(CNC(=O)c2ccc(Cl)cc2F)CCCNC1.Cl. The normalized spacial score (nSPS) is 21.9. The van der Waals surface area contributed by atoms with Crippen molar-refractivity contribution in [2.75, 3.05) is 19.6 Å². The molecule has 1 unspecified atom stereocenters. The van der Waals surface area contributed by atoms with E-state index in [2.05, 4.69) is 17.6 Å². The molecule has 6 heteroatoms. The molecule has 1 saturated heterocycles. The summed E-state index contributed by atoms with van der Waals surface area (Å²) >= 11 is 5.66. The minimum absolute atomic E-state index is 0. The monoisotopic (exact) mass is 320 g/mol. The quantitative estimate of drug-likeness (QED) is 0.898. The van der Waals surface area contributed by atoms with E-state index < -0.39 is 5.82 Å². The molecule has 1 atom stereocenters. The second-order valence-electron chi connectivity index (χ2n) is 5.40. The Labute approximate surface area is 129 Å². The van der Waals surface area contributed by atoms with Crippen molar-refractivity contribution in [2.24, 2.45) is 5.41 Å². The molecule has 20 heavy (non-hydrogen) atoms. The van der Waals surface area contributed by atoms with Crippen molar-refractivity contribution in [1.29, 1.82) is 0 Å². The van der Waals surface area contributed by atoms with Gasteiger partial charge in [-0.1, -0.05) is 18.5 Å². The summed E-state index contributed by atoms with van der Waals surface area (Å²) in [5.74, 6) is -0.974. The largest absolute Gasteiger partial charge is 0.351 e. The standard InChI is InChI=1S/C14H18ClFN2O.ClH/c1-14(5-2-6-17-8-14)9-18-13(19)11-4-3-10(15)7-12(11)16;/h3-4,7,17H,2,5-6,8-9H2,1H3,(H,18,19);1H. The van der Waals surface area contributed by atoms with Crippen molar-refractivity contribution in [2.45, 2.75) is 19.8 Å². The van der Waals surface area contributed by atoms with E-state index in [4.69, 9.17) is 11.6 Å². The minimum atomic E-state index is -0.586. The summed E-state index contributed by atoms with van der Waals surface area (Å²) in [7, 11) is 0. The lowest BCUT2D eigenvalue weighted by Crippen LogP contribution is -2.45. The van der Waals surface area contributed by atoms with Gasteiger partial charge < -0.3 is 10.6 Å².